The van der Waals surface area contributed by atoms with E-state index in [0.29, 0.717) is 5.57 Å². The van der Waals surface area contributed by atoms with Crippen molar-refractivity contribution in [1.29, 1.82) is 0 Å². The van der Waals surface area contributed by atoms with Gasteiger partial charge in [0.15, 0.2) is 6.29 Å². The first kappa shape index (κ1) is 22.5. The molecule has 0 unspecified atom stereocenters. The monoisotopic (exact) mass is 419 g/mol. The van der Waals surface area contributed by atoms with E-state index in [0.717, 1.165) is 24.3 Å². The van der Waals surface area contributed by atoms with Crippen LogP contribution in [0, 0.1) is 0 Å². The van der Waals surface area contributed by atoms with E-state index in [2.05, 4.69) is 28.8 Å². The van der Waals surface area contributed by atoms with Gasteiger partial charge in [0.1, 0.15) is 11.6 Å². The van der Waals surface area contributed by atoms with Gasteiger partial charge in [0.2, 0.25) is 0 Å². The van der Waals surface area contributed by atoms with Crippen LogP contribution in [-0.2, 0) is 6.18 Å². The number of nitrogens with zero attached hydrogens (tertiary/aromatic N) is 1. The van der Waals surface area contributed by atoms with Crippen LogP contribution >= 0.6 is 0 Å². The predicted octanol–water partition coefficient (Wildman–Crippen LogP) is 5.17. The molecule has 0 saturated carbocycles. The Bertz CT molecular complexity index is 1010. The number of rotatable bonds is 8. The molecule has 9 heteroatoms. The molecule has 2 aromatic rings. The average molecular weight is 419 g/mol. The number of pyridine rings is 1. The lowest BCUT2D eigenvalue weighted by atomic mass is 10.1. The average Bonchev–Trinajstić information content (AvgIpc) is 2.69. The molecule has 30 heavy (non-hydrogen) atoms. The zero-order valence-corrected chi connectivity index (χ0v) is 15.6. The molecule has 0 aliphatic rings. The Morgan fingerprint density at radius 2 is 1.90 bits per heavy atom. The maximum atomic E-state index is 12.9. The van der Waals surface area contributed by atoms with Crippen LogP contribution in [0.2, 0.25) is 0 Å². The number of amides is 1. The zero-order chi connectivity index (χ0) is 22.3. The molecular formula is C21H17F4N3O2. The minimum absolute atomic E-state index is 0.0127. The highest BCUT2D eigenvalue weighted by Crippen LogP contribution is 2.32. The third-order valence-corrected chi connectivity index (χ3v) is 3.78. The SMILES string of the molecule is C=C(F)/C=C\C(=C)CNc1ncccc1C(=O)Nc1ccc(C(F)(F)F)c(C=O)c1. The normalized spacial score (nSPS) is 11.2. The van der Waals surface area contributed by atoms with Crippen molar-refractivity contribution in [3.05, 3.63) is 89.9 Å². The molecular weight excluding hydrogens is 402 g/mol. The number of anilines is 2. The van der Waals surface area contributed by atoms with E-state index >= 15 is 0 Å². The minimum Gasteiger partial charge on any atom is -0.365 e. The molecule has 1 aromatic carbocycles. The second kappa shape index (κ2) is 9.64. The Balaban J connectivity index is 2.17. The van der Waals surface area contributed by atoms with Gasteiger partial charge in [-0.2, -0.15) is 13.2 Å². The molecule has 1 heterocycles. The van der Waals surface area contributed by atoms with Crippen LogP contribution in [0.4, 0.5) is 29.1 Å². The number of hydrogen-bond acceptors (Lipinski definition) is 4. The first-order valence-corrected chi connectivity index (χ1v) is 8.48. The van der Waals surface area contributed by atoms with Gasteiger partial charge in [0.05, 0.1) is 11.1 Å². The Hall–Kier alpha value is -3.75. The number of aldehydes is 1. The summed E-state index contributed by atoms with van der Waals surface area (Å²) in [6.45, 7) is 6.96. The van der Waals surface area contributed by atoms with Gasteiger partial charge >= 0.3 is 6.18 Å². The summed E-state index contributed by atoms with van der Waals surface area (Å²) in [5, 5.41) is 5.31. The van der Waals surface area contributed by atoms with E-state index in [-0.39, 0.29) is 29.9 Å². The fraction of sp³-hybridized carbons (Fsp3) is 0.0952. The lowest BCUT2D eigenvalue weighted by Gasteiger charge is -2.13. The van der Waals surface area contributed by atoms with Gasteiger partial charge in [0.25, 0.3) is 5.91 Å². The molecule has 0 fully saturated rings. The number of aromatic nitrogens is 1. The van der Waals surface area contributed by atoms with Crippen LogP contribution in [0.5, 0.6) is 0 Å². The second-order valence-electron chi connectivity index (χ2n) is 6.06. The van der Waals surface area contributed by atoms with Crippen molar-refractivity contribution in [2.24, 2.45) is 0 Å². The van der Waals surface area contributed by atoms with Crippen molar-refractivity contribution in [2.45, 2.75) is 6.18 Å². The molecule has 156 valence electrons. The van der Waals surface area contributed by atoms with E-state index in [4.69, 9.17) is 0 Å². The van der Waals surface area contributed by atoms with Crippen LogP contribution in [-0.4, -0.2) is 23.7 Å². The predicted molar refractivity (Wildman–Crippen MR) is 106 cm³/mol. The van der Waals surface area contributed by atoms with Crippen LogP contribution in [0.3, 0.4) is 0 Å². The van der Waals surface area contributed by atoms with Gasteiger partial charge in [-0.15, -0.1) is 0 Å². The smallest absolute Gasteiger partial charge is 0.365 e. The summed E-state index contributed by atoms with van der Waals surface area (Å²) in [6, 6.07) is 5.67. The summed E-state index contributed by atoms with van der Waals surface area (Å²) in [7, 11) is 0. The highest BCUT2D eigenvalue weighted by Gasteiger charge is 2.33. The first-order chi connectivity index (χ1) is 14.1. The van der Waals surface area contributed by atoms with Gasteiger partial charge in [-0.05, 0) is 42.0 Å². The minimum atomic E-state index is -4.69. The second-order valence-corrected chi connectivity index (χ2v) is 6.06. The highest BCUT2D eigenvalue weighted by molar-refractivity contribution is 6.07. The van der Waals surface area contributed by atoms with Crippen LogP contribution in [0.15, 0.2) is 73.2 Å². The van der Waals surface area contributed by atoms with Gasteiger partial charge in [0, 0.05) is 24.0 Å². The highest BCUT2D eigenvalue weighted by atomic mass is 19.4. The summed E-state index contributed by atoms with van der Waals surface area (Å²) < 4.78 is 51.3. The summed E-state index contributed by atoms with van der Waals surface area (Å²) in [5.74, 6) is -1.10. The number of benzene rings is 1. The Labute approximate surface area is 169 Å². The van der Waals surface area contributed by atoms with E-state index in [1.54, 1.807) is 0 Å². The molecule has 5 nitrogen and oxygen atoms in total. The molecule has 0 aliphatic heterocycles. The quantitative estimate of drug-likeness (QED) is 0.352. The maximum absolute atomic E-state index is 12.9. The van der Waals surface area contributed by atoms with Gasteiger partial charge in [-0.1, -0.05) is 19.2 Å². The van der Waals surface area contributed by atoms with Crippen molar-refractivity contribution in [1.82, 2.24) is 4.98 Å². The molecule has 0 radical (unpaired) electrons. The van der Waals surface area contributed by atoms with E-state index in [9.17, 15) is 27.2 Å². The van der Waals surface area contributed by atoms with E-state index in [1.165, 1.54) is 24.4 Å². The molecule has 0 saturated heterocycles. The molecule has 0 atom stereocenters. The van der Waals surface area contributed by atoms with Crippen molar-refractivity contribution in [3.63, 3.8) is 0 Å². The fourth-order valence-electron chi connectivity index (χ4n) is 2.39. The van der Waals surface area contributed by atoms with Crippen molar-refractivity contribution < 1.29 is 27.2 Å². The Morgan fingerprint density at radius 1 is 1.17 bits per heavy atom. The lowest BCUT2D eigenvalue weighted by molar-refractivity contribution is -0.137. The standard InChI is InChI=1S/C21H17F4N3O2/c1-13(5-6-14(2)22)11-27-19-17(4-3-9-26-19)20(30)28-16-7-8-18(21(23,24)25)15(10-16)12-29/h3-10,12H,1-2,11H2,(H,26,27)(H,28,30)/b6-5-. The van der Waals surface area contributed by atoms with Crippen LogP contribution < -0.4 is 10.6 Å². The summed E-state index contributed by atoms with van der Waals surface area (Å²) in [5.41, 5.74) is -1.08. The number of halogens is 4. The fourth-order valence-corrected chi connectivity index (χ4v) is 2.39. The zero-order valence-electron chi connectivity index (χ0n) is 15.6. The number of nitrogens with one attached hydrogen (secondary N) is 2. The van der Waals surface area contributed by atoms with Crippen molar-refractivity contribution >= 4 is 23.7 Å². The molecule has 0 aliphatic carbocycles. The maximum Gasteiger partial charge on any atom is 0.417 e. The molecule has 0 spiro atoms. The molecule has 2 N–H and O–H groups in total. The number of hydrogen-bond donors (Lipinski definition) is 2. The lowest BCUT2D eigenvalue weighted by Crippen LogP contribution is -2.17. The molecule has 1 amide bonds. The number of allylic oxidation sites excluding steroid dienone is 2. The van der Waals surface area contributed by atoms with Crippen molar-refractivity contribution in [3.8, 4) is 0 Å². The number of carbonyl (C=O) groups excluding carboxylic acids is 2. The largest absolute Gasteiger partial charge is 0.417 e. The number of alkyl halides is 3. The van der Waals surface area contributed by atoms with Crippen LogP contribution in [0.25, 0.3) is 0 Å². The number of carbonyl (C=O) groups is 2. The Kier molecular flexibility index (Phi) is 7.24. The van der Waals surface area contributed by atoms with Gasteiger partial charge < -0.3 is 10.6 Å². The van der Waals surface area contributed by atoms with Crippen molar-refractivity contribution in [2.75, 3.05) is 17.2 Å². The van der Waals surface area contributed by atoms with Gasteiger partial charge in [-0.25, -0.2) is 9.37 Å². The summed E-state index contributed by atoms with van der Waals surface area (Å²) in [6.07, 6.45) is -0.651. The van der Waals surface area contributed by atoms with E-state index in [1.807, 2.05) is 0 Å². The van der Waals surface area contributed by atoms with Gasteiger partial charge in [-0.3, -0.25) is 9.59 Å². The molecule has 0 bridgehead atoms. The third-order valence-electron chi connectivity index (χ3n) is 3.78. The molecule has 2 rings (SSSR count). The summed E-state index contributed by atoms with van der Waals surface area (Å²) >= 11 is 0. The van der Waals surface area contributed by atoms with E-state index < -0.39 is 29.0 Å². The molecule has 1 aromatic heterocycles. The van der Waals surface area contributed by atoms with Crippen LogP contribution in [0.1, 0.15) is 26.3 Å². The Morgan fingerprint density at radius 3 is 2.53 bits per heavy atom. The topological polar surface area (TPSA) is 71.1 Å². The third kappa shape index (κ3) is 6.13. The first-order valence-electron chi connectivity index (χ1n) is 8.48. The summed E-state index contributed by atoms with van der Waals surface area (Å²) in [4.78, 5) is 27.6.